The van der Waals surface area contributed by atoms with Crippen molar-refractivity contribution in [2.45, 2.75) is 19.4 Å². The van der Waals surface area contributed by atoms with Crippen LogP contribution in [0, 0.1) is 6.92 Å². The van der Waals surface area contributed by atoms with Crippen molar-refractivity contribution in [3.63, 3.8) is 0 Å². The molecule has 0 aliphatic carbocycles. The van der Waals surface area contributed by atoms with E-state index in [0.717, 1.165) is 9.75 Å². The number of thiophene rings is 1. The first-order valence-corrected chi connectivity index (χ1v) is 9.20. The van der Waals surface area contributed by atoms with E-state index >= 15 is 0 Å². The number of nitrogens with zero attached hydrogens (tertiary/aromatic N) is 1. The summed E-state index contributed by atoms with van der Waals surface area (Å²) in [7, 11) is 1.33. The topological polar surface area (TPSA) is 81.4 Å². The monoisotopic (exact) mass is 376 g/mol. The quantitative estimate of drug-likeness (QED) is 0.662. The molecule has 25 heavy (non-hydrogen) atoms. The van der Waals surface area contributed by atoms with Crippen LogP contribution < -0.4 is 5.32 Å². The van der Waals surface area contributed by atoms with Crippen LogP contribution in [0.4, 0.5) is 0 Å². The lowest BCUT2D eigenvalue weighted by atomic mass is 10.1. The maximum absolute atomic E-state index is 12.7. The van der Waals surface area contributed by atoms with Gasteiger partial charge in [-0.3, -0.25) is 9.59 Å². The molecule has 1 amide bonds. The van der Waals surface area contributed by atoms with Gasteiger partial charge in [0.15, 0.2) is 10.8 Å². The van der Waals surface area contributed by atoms with Gasteiger partial charge in [-0.2, -0.15) is 0 Å². The minimum atomic E-state index is -0.451. The number of hydrogen-bond acceptors (Lipinski definition) is 7. The Bertz CT molecular complexity index is 853. The highest BCUT2D eigenvalue weighted by molar-refractivity contribution is 7.15. The molecule has 3 heterocycles. The molecule has 0 aliphatic heterocycles. The standard InChI is InChI=1S/C17H16N2O4S2/c1-10-15(19-17(25-10)12-5-3-7-23-12)16(21)18-11(9-14(20)22-2)13-6-4-8-24-13/h3-8,11H,9H2,1-2H3,(H,18,21)/t11-/m0/s1. The maximum Gasteiger partial charge on any atom is 0.307 e. The van der Waals surface area contributed by atoms with Crippen molar-refractivity contribution in [3.8, 4) is 10.8 Å². The third-order valence-electron chi connectivity index (χ3n) is 3.53. The third-order valence-corrected chi connectivity index (χ3v) is 5.51. The highest BCUT2D eigenvalue weighted by Crippen LogP contribution is 2.29. The molecule has 0 bridgehead atoms. The van der Waals surface area contributed by atoms with Crippen LogP contribution in [-0.2, 0) is 9.53 Å². The van der Waals surface area contributed by atoms with Crippen LogP contribution in [0.15, 0.2) is 40.3 Å². The molecular weight excluding hydrogens is 360 g/mol. The molecular formula is C17H16N2O4S2. The molecule has 6 nitrogen and oxygen atoms in total. The number of esters is 1. The zero-order valence-corrected chi connectivity index (χ0v) is 15.3. The summed E-state index contributed by atoms with van der Waals surface area (Å²) in [5, 5.41) is 5.43. The third kappa shape index (κ3) is 3.97. The fourth-order valence-electron chi connectivity index (χ4n) is 2.30. The van der Waals surface area contributed by atoms with Crippen LogP contribution in [0.2, 0.25) is 0 Å². The van der Waals surface area contributed by atoms with Crippen LogP contribution in [0.5, 0.6) is 0 Å². The van der Waals surface area contributed by atoms with Crippen LogP contribution in [0.25, 0.3) is 10.8 Å². The number of carbonyl (C=O) groups is 2. The Labute approximate surface area is 152 Å². The van der Waals surface area contributed by atoms with Gasteiger partial charge in [0.25, 0.3) is 5.91 Å². The highest BCUT2D eigenvalue weighted by atomic mass is 32.1. The fourth-order valence-corrected chi connectivity index (χ4v) is 3.96. The van der Waals surface area contributed by atoms with Gasteiger partial charge in [-0.05, 0) is 30.5 Å². The second-order valence-electron chi connectivity index (χ2n) is 5.22. The Hall–Kier alpha value is -2.45. The summed E-state index contributed by atoms with van der Waals surface area (Å²) in [6.45, 7) is 1.83. The molecule has 0 radical (unpaired) electrons. The molecule has 1 atom stereocenters. The molecule has 0 unspecified atom stereocenters. The summed E-state index contributed by atoms with van der Waals surface area (Å²) >= 11 is 2.86. The number of rotatable bonds is 6. The Morgan fingerprint density at radius 2 is 2.20 bits per heavy atom. The van der Waals surface area contributed by atoms with E-state index in [9.17, 15) is 9.59 Å². The van der Waals surface area contributed by atoms with Gasteiger partial charge in [0.1, 0.15) is 5.69 Å². The number of thiazole rings is 1. The lowest BCUT2D eigenvalue weighted by Gasteiger charge is -2.15. The van der Waals surface area contributed by atoms with Crippen molar-refractivity contribution < 1.29 is 18.7 Å². The summed E-state index contributed by atoms with van der Waals surface area (Å²) < 4.78 is 10.1. The van der Waals surface area contributed by atoms with E-state index in [0.29, 0.717) is 16.5 Å². The van der Waals surface area contributed by atoms with Crippen LogP contribution in [0.3, 0.4) is 0 Å². The molecule has 8 heteroatoms. The van der Waals surface area contributed by atoms with Crippen LogP contribution in [-0.4, -0.2) is 24.0 Å². The van der Waals surface area contributed by atoms with Gasteiger partial charge in [0, 0.05) is 9.75 Å². The molecule has 3 rings (SSSR count). The van der Waals surface area contributed by atoms with Crippen molar-refractivity contribution in [2.75, 3.05) is 7.11 Å². The highest BCUT2D eigenvalue weighted by Gasteiger charge is 2.24. The lowest BCUT2D eigenvalue weighted by Crippen LogP contribution is -2.30. The summed E-state index contributed by atoms with van der Waals surface area (Å²) in [6.07, 6.45) is 1.63. The molecule has 130 valence electrons. The average molecular weight is 376 g/mol. The number of ether oxygens (including phenoxy) is 1. The number of carbonyl (C=O) groups excluding carboxylic acids is 2. The number of aryl methyl sites for hydroxylation is 1. The smallest absolute Gasteiger partial charge is 0.307 e. The molecule has 0 aromatic carbocycles. The van der Waals surface area contributed by atoms with Gasteiger partial charge < -0.3 is 14.5 Å². The molecule has 0 saturated carbocycles. The van der Waals surface area contributed by atoms with E-state index in [4.69, 9.17) is 9.15 Å². The summed E-state index contributed by atoms with van der Waals surface area (Å²) in [5.41, 5.74) is 0.336. The van der Waals surface area contributed by atoms with E-state index in [1.165, 1.54) is 29.8 Å². The Morgan fingerprint density at radius 3 is 2.84 bits per heavy atom. The fraction of sp³-hybridized carbons (Fsp3) is 0.235. The minimum absolute atomic E-state index is 0.0664. The maximum atomic E-state index is 12.7. The second kappa shape index (κ2) is 7.62. The van der Waals surface area contributed by atoms with Crippen molar-refractivity contribution in [3.05, 3.63) is 51.4 Å². The number of aromatic nitrogens is 1. The van der Waals surface area contributed by atoms with Gasteiger partial charge in [-0.15, -0.1) is 22.7 Å². The molecule has 1 N–H and O–H groups in total. The van der Waals surface area contributed by atoms with Gasteiger partial charge >= 0.3 is 5.97 Å². The summed E-state index contributed by atoms with van der Waals surface area (Å²) in [6, 6.07) is 6.87. The molecule has 3 aromatic rings. The van der Waals surface area contributed by atoms with Crippen molar-refractivity contribution in [1.82, 2.24) is 10.3 Å². The molecule has 0 aliphatic rings. The SMILES string of the molecule is COC(=O)C[C@H](NC(=O)c1nc(-c2ccco2)sc1C)c1cccs1. The number of furan rings is 1. The predicted molar refractivity (Wildman–Crippen MR) is 95.7 cm³/mol. The van der Waals surface area contributed by atoms with Crippen molar-refractivity contribution in [1.29, 1.82) is 0 Å². The van der Waals surface area contributed by atoms with E-state index in [2.05, 4.69) is 10.3 Å². The first kappa shape index (κ1) is 17.4. The summed E-state index contributed by atoms with van der Waals surface area (Å²) in [5.74, 6) is -0.0876. The zero-order valence-electron chi connectivity index (χ0n) is 13.6. The van der Waals surface area contributed by atoms with E-state index in [1.54, 1.807) is 18.4 Å². The van der Waals surface area contributed by atoms with Gasteiger partial charge in [-0.25, -0.2) is 4.98 Å². The Morgan fingerprint density at radius 1 is 1.36 bits per heavy atom. The molecule has 3 aromatic heterocycles. The Balaban J connectivity index is 1.80. The molecule has 0 saturated heterocycles. The minimum Gasteiger partial charge on any atom is -0.469 e. The largest absolute Gasteiger partial charge is 0.469 e. The number of hydrogen-bond donors (Lipinski definition) is 1. The number of nitrogens with one attached hydrogen (secondary N) is 1. The van der Waals surface area contributed by atoms with Gasteiger partial charge in [0.2, 0.25) is 0 Å². The first-order chi connectivity index (χ1) is 12.1. The number of methoxy groups -OCH3 is 1. The van der Waals surface area contributed by atoms with Crippen LogP contribution in [0.1, 0.15) is 32.7 Å². The van der Waals surface area contributed by atoms with Crippen LogP contribution >= 0.6 is 22.7 Å². The van der Waals surface area contributed by atoms with E-state index in [-0.39, 0.29) is 18.3 Å². The average Bonchev–Trinajstić information content (AvgIpc) is 3.34. The summed E-state index contributed by atoms with van der Waals surface area (Å²) in [4.78, 5) is 30.4. The zero-order chi connectivity index (χ0) is 17.8. The Kier molecular flexibility index (Phi) is 5.30. The van der Waals surface area contributed by atoms with Crippen molar-refractivity contribution >= 4 is 34.6 Å². The second-order valence-corrected chi connectivity index (χ2v) is 7.41. The lowest BCUT2D eigenvalue weighted by molar-refractivity contribution is -0.141. The normalized spacial score (nSPS) is 11.9. The van der Waals surface area contributed by atoms with E-state index < -0.39 is 6.04 Å². The molecule has 0 fully saturated rings. The van der Waals surface area contributed by atoms with Gasteiger partial charge in [-0.1, -0.05) is 6.07 Å². The van der Waals surface area contributed by atoms with Crippen molar-refractivity contribution in [2.24, 2.45) is 0 Å². The van der Waals surface area contributed by atoms with Gasteiger partial charge in [0.05, 0.1) is 25.8 Å². The number of amides is 1. The molecule has 0 spiro atoms. The first-order valence-electron chi connectivity index (χ1n) is 7.51. The predicted octanol–water partition coefficient (Wildman–Crippen LogP) is 3.81. The van der Waals surface area contributed by atoms with E-state index in [1.807, 2.05) is 24.4 Å².